The number of halogens is 3. The molecule has 1 aliphatic rings. The lowest BCUT2D eigenvalue weighted by Crippen LogP contribution is -2.26. The van der Waals surface area contributed by atoms with Gasteiger partial charge in [0.15, 0.2) is 0 Å². The van der Waals surface area contributed by atoms with Crippen molar-refractivity contribution in [1.29, 1.82) is 0 Å². The lowest BCUT2D eigenvalue weighted by molar-refractivity contribution is 0.367. The summed E-state index contributed by atoms with van der Waals surface area (Å²) in [5.74, 6) is -1.20. The predicted octanol–water partition coefficient (Wildman–Crippen LogP) is 6.67. The maximum Gasteiger partial charge on any atom is 0.280 e. The van der Waals surface area contributed by atoms with Crippen molar-refractivity contribution < 1.29 is 18.3 Å². The van der Waals surface area contributed by atoms with E-state index in [9.17, 15) is 23.1 Å². The molecular formula is C31H30F3N3O2. The van der Waals surface area contributed by atoms with Gasteiger partial charge in [-0.25, -0.2) is 13.8 Å². The van der Waals surface area contributed by atoms with Crippen LogP contribution in [0.5, 0.6) is 5.88 Å². The number of aromatic hydroxyl groups is 1. The molecule has 1 N–H and O–H groups in total. The van der Waals surface area contributed by atoms with Crippen LogP contribution in [0.2, 0.25) is 0 Å². The number of hydrogen-bond donors (Lipinski definition) is 1. The van der Waals surface area contributed by atoms with E-state index in [0.717, 1.165) is 42.0 Å². The minimum absolute atomic E-state index is 0.118. The van der Waals surface area contributed by atoms with Gasteiger partial charge in [0.05, 0.1) is 11.6 Å². The number of pyridine rings is 1. The van der Waals surface area contributed by atoms with Crippen LogP contribution in [-0.4, -0.2) is 19.6 Å². The zero-order chi connectivity index (χ0) is 27.7. The third-order valence-corrected chi connectivity index (χ3v) is 7.40. The summed E-state index contributed by atoms with van der Waals surface area (Å²) in [6.07, 6.45) is 4.13. The lowest BCUT2D eigenvalue weighted by atomic mass is 9.99. The van der Waals surface area contributed by atoms with Gasteiger partial charge in [0.2, 0.25) is 11.8 Å². The van der Waals surface area contributed by atoms with Gasteiger partial charge in [-0.2, -0.15) is 9.37 Å². The molecular weight excluding hydrogens is 503 g/mol. The molecule has 8 heteroatoms. The number of hydrogen-bond acceptors (Lipinski definition) is 4. The minimum Gasteiger partial charge on any atom is -0.494 e. The molecule has 2 aromatic carbocycles. The molecule has 0 unspecified atom stereocenters. The van der Waals surface area contributed by atoms with E-state index in [2.05, 4.69) is 9.97 Å². The molecule has 2 aromatic heterocycles. The molecule has 2 heterocycles. The van der Waals surface area contributed by atoms with Crippen molar-refractivity contribution in [2.24, 2.45) is 5.92 Å². The predicted molar refractivity (Wildman–Crippen MR) is 143 cm³/mol. The van der Waals surface area contributed by atoms with Crippen molar-refractivity contribution in [2.75, 3.05) is 0 Å². The molecule has 202 valence electrons. The summed E-state index contributed by atoms with van der Waals surface area (Å²) < 4.78 is 43.3. The number of benzene rings is 2. The highest BCUT2D eigenvalue weighted by Gasteiger charge is 2.27. The molecule has 1 saturated carbocycles. The number of aromatic nitrogens is 3. The van der Waals surface area contributed by atoms with Gasteiger partial charge >= 0.3 is 0 Å². The zero-order valence-electron chi connectivity index (χ0n) is 21.9. The number of rotatable bonds is 9. The van der Waals surface area contributed by atoms with Gasteiger partial charge in [0.1, 0.15) is 17.5 Å². The second-order valence-electron chi connectivity index (χ2n) is 10.3. The third-order valence-electron chi connectivity index (χ3n) is 7.40. The molecule has 0 radical (unpaired) electrons. The van der Waals surface area contributed by atoms with Crippen molar-refractivity contribution in [1.82, 2.24) is 14.5 Å². The van der Waals surface area contributed by atoms with Crippen LogP contribution in [0.25, 0.3) is 11.1 Å². The topological polar surface area (TPSA) is 68.0 Å². The Balaban J connectivity index is 1.53. The van der Waals surface area contributed by atoms with Crippen LogP contribution in [0.1, 0.15) is 66.9 Å². The molecule has 0 saturated heterocycles. The summed E-state index contributed by atoms with van der Waals surface area (Å²) in [4.78, 5) is 21.4. The monoisotopic (exact) mass is 533 g/mol. The molecule has 0 amide bonds. The minimum atomic E-state index is -0.705. The fourth-order valence-electron chi connectivity index (χ4n) is 5.18. The van der Waals surface area contributed by atoms with E-state index in [0.29, 0.717) is 35.8 Å². The van der Waals surface area contributed by atoms with E-state index in [1.165, 1.54) is 18.2 Å². The molecule has 39 heavy (non-hydrogen) atoms. The van der Waals surface area contributed by atoms with E-state index < -0.39 is 29.2 Å². The van der Waals surface area contributed by atoms with Crippen LogP contribution in [0.4, 0.5) is 13.2 Å². The van der Waals surface area contributed by atoms with Crippen LogP contribution >= 0.6 is 0 Å². The molecule has 5 rings (SSSR count). The van der Waals surface area contributed by atoms with Crippen molar-refractivity contribution in [2.45, 2.75) is 58.4 Å². The second-order valence-corrected chi connectivity index (χ2v) is 10.3. The van der Waals surface area contributed by atoms with Gasteiger partial charge in [-0.15, -0.1) is 0 Å². The third kappa shape index (κ3) is 5.90. The normalized spacial score (nSPS) is 14.0. The Morgan fingerprint density at radius 3 is 2.31 bits per heavy atom. The Kier molecular flexibility index (Phi) is 7.55. The number of aryl methyl sites for hydroxylation is 2. The van der Waals surface area contributed by atoms with Gasteiger partial charge in [0.25, 0.3) is 5.56 Å². The van der Waals surface area contributed by atoms with Gasteiger partial charge in [0, 0.05) is 30.2 Å². The quantitative estimate of drug-likeness (QED) is 0.244. The first-order valence-electron chi connectivity index (χ1n) is 13.2. The summed E-state index contributed by atoms with van der Waals surface area (Å²) in [6.45, 7) is 3.60. The highest BCUT2D eigenvalue weighted by molar-refractivity contribution is 5.65. The highest BCUT2D eigenvalue weighted by atomic mass is 19.1. The van der Waals surface area contributed by atoms with Crippen molar-refractivity contribution in [3.8, 4) is 17.0 Å². The van der Waals surface area contributed by atoms with E-state index in [1.54, 1.807) is 17.6 Å². The Hall–Kier alpha value is -3.94. The molecule has 0 spiro atoms. The van der Waals surface area contributed by atoms with E-state index in [-0.39, 0.29) is 17.9 Å². The molecule has 1 aliphatic carbocycles. The average Bonchev–Trinajstić information content (AvgIpc) is 3.72. The smallest absolute Gasteiger partial charge is 0.280 e. The van der Waals surface area contributed by atoms with Crippen LogP contribution in [-0.2, 0) is 12.8 Å². The second kappa shape index (κ2) is 11.0. The average molecular weight is 534 g/mol. The van der Waals surface area contributed by atoms with Gasteiger partial charge < -0.3 is 5.11 Å². The first-order valence-corrected chi connectivity index (χ1v) is 13.2. The Morgan fingerprint density at radius 1 is 1.00 bits per heavy atom. The maximum absolute atomic E-state index is 14.1. The fraction of sp³-hybridized carbons (Fsp3) is 0.323. The largest absolute Gasteiger partial charge is 0.494 e. The van der Waals surface area contributed by atoms with Crippen LogP contribution in [0.3, 0.4) is 0 Å². The molecule has 0 aliphatic heterocycles. The number of nitrogens with zero attached hydrogens (tertiary/aromatic N) is 3. The van der Waals surface area contributed by atoms with Gasteiger partial charge in [-0.3, -0.25) is 9.36 Å². The van der Waals surface area contributed by atoms with E-state index in [1.807, 2.05) is 31.2 Å². The van der Waals surface area contributed by atoms with Crippen LogP contribution < -0.4 is 5.56 Å². The Bertz CT molecular complexity index is 1540. The SMILES string of the molecule is CC[C@@H](c1cc(F)cc(F)c1)n1c(CCC2CC2)nc(=O)c(Cc2ccc(-c3ccc(F)nc3C)cc2)c1O. The lowest BCUT2D eigenvalue weighted by Gasteiger charge is -2.25. The van der Waals surface area contributed by atoms with Gasteiger partial charge in [-0.1, -0.05) is 44.0 Å². The molecule has 1 fully saturated rings. The van der Waals surface area contributed by atoms with Crippen molar-refractivity contribution >= 4 is 0 Å². The fourth-order valence-corrected chi connectivity index (χ4v) is 5.18. The summed E-state index contributed by atoms with van der Waals surface area (Å²) in [5, 5.41) is 11.5. The molecule has 0 bridgehead atoms. The molecule has 1 atom stereocenters. The Labute approximate surface area is 225 Å². The summed E-state index contributed by atoms with van der Waals surface area (Å²) in [5.41, 5.74) is 2.94. The van der Waals surface area contributed by atoms with E-state index in [4.69, 9.17) is 0 Å². The summed E-state index contributed by atoms with van der Waals surface area (Å²) in [7, 11) is 0. The van der Waals surface area contributed by atoms with Crippen molar-refractivity contribution in [3.05, 3.63) is 111 Å². The van der Waals surface area contributed by atoms with Gasteiger partial charge in [-0.05, 0) is 66.6 Å². The zero-order valence-corrected chi connectivity index (χ0v) is 21.9. The summed E-state index contributed by atoms with van der Waals surface area (Å²) >= 11 is 0. The maximum atomic E-state index is 14.1. The molecule has 5 nitrogen and oxygen atoms in total. The van der Waals surface area contributed by atoms with Crippen LogP contribution in [0, 0.1) is 30.4 Å². The summed E-state index contributed by atoms with van der Waals surface area (Å²) in [6, 6.07) is 13.1. The van der Waals surface area contributed by atoms with E-state index >= 15 is 0 Å². The van der Waals surface area contributed by atoms with Crippen LogP contribution in [0.15, 0.2) is 59.4 Å². The highest BCUT2D eigenvalue weighted by Crippen LogP contribution is 2.36. The molecule has 4 aromatic rings. The first kappa shape index (κ1) is 26.7. The van der Waals surface area contributed by atoms with Crippen molar-refractivity contribution in [3.63, 3.8) is 0 Å². The standard InChI is InChI=1S/C31H30F3N3O2/c1-3-27(22-15-23(32)17-24(33)16-22)37-29(13-8-19-4-5-19)36-30(38)26(31(37)39)14-20-6-9-21(10-7-20)25-11-12-28(34)35-18(25)2/h6-7,9-12,15-17,19,27,39H,3-5,8,13-14H2,1-2H3/t27-/m0/s1. The first-order chi connectivity index (χ1) is 18.7. The Morgan fingerprint density at radius 2 is 1.69 bits per heavy atom.